The summed E-state index contributed by atoms with van der Waals surface area (Å²) in [5, 5.41) is 6.52. The second-order valence-electron chi connectivity index (χ2n) is 8.68. The van der Waals surface area contributed by atoms with E-state index in [1.165, 1.54) is 18.3 Å². The molecule has 0 unspecified atom stereocenters. The molecule has 2 N–H and O–H groups in total. The molecular weight excluding hydrogens is 435 g/mol. The summed E-state index contributed by atoms with van der Waals surface area (Å²) in [5.74, 6) is 1.28. The van der Waals surface area contributed by atoms with Gasteiger partial charge in [0, 0.05) is 50.2 Å². The lowest BCUT2D eigenvalue weighted by molar-refractivity contribution is 0.0923. The van der Waals surface area contributed by atoms with E-state index in [0.717, 1.165) is 37.1 Å². The first-order valence-corrected chi connectivity index (χ1v) is 11.4. The molecule has 2 heterocycles. The summed E-state index contributed by atoms with van der Waals surface area (Å²) >= 11 is 0. The summed E-state index contributed by atoms with van der Waals surface area (Å²) in [7, 11) is 3.92. The quantitative estimate of drug-likeness (QED) is 0.538. The molecule has 9 heteroatoms. The number of halogens is 1. The Balaban J connectivity index is 1.33. The number of carbonyl (C=O) groups excluding carboxylic acids is 1. The van der Waals surface area contributed by atoms with Crippen LogP contribution in [-0.4, -0.2) is 47.0 Å². The van der Waals surface area contributed by atoms with Crippen molar-refractivity contribution < 1.29 is 13.9 Å². The zero-order valence-electron chi connectivity index (χ0n) is 19.6. The zero-order chi connectivity index (χ0) is 24.1. The molecule has 178 valence electrons. The third-order valence-electron chi connectivity index (χ3n) is 5.79. The van der Waals surface area contributed by atoms with E-state index in [4.69, 9.17) is 4.74 Å². The molecular formula is C25H29FN6O2. The van der Waals surface area contributed by atoms with Crippen LogP contribution in [0.2, 0.25) is 0 Å². The Labute approximate surface area is 198 Å². The predicted octanol–water partition coefficient (Wildman–Crippen LogP) is 4.33. The molecule has 3 aromatic rings. The molecule has 0 atom stereocenters. The van der Waals surface area contributed by atoms with Crippen molar-refractivity contribution in [3.8, 4) is 11.6 Å². The van der Waals surface area contributed by atoms with Crippen molar-refractivity contribution in [2.45, 2.75) is 44.7 Å². The second kappa shape index (κ2) is 10.5. The summed E-state index contributed by atoms with van der Waals surface area (Å²) < 4.78 is 19.2. The highest BCUT2D eigenvalue weighted by atomic mass is 19.1. The van der Waals surface area contributed by atoms with Gasteiger partial charge in [0.2, 0.25) is 11.8 Å². The number of aryl methyl sites for hydroxylation is 1. The average Bonchev–Trinajstić information content (AvgIpc) is 2.82. The van der Waals surface area contributed by atoms with E-state index >= 15 is 0 Å². The molecule has 1 aliphatic rings. The van der Waals surface area contributed by atoms with Crippen LogP contribution in [0.3, 0.4) is 0 Å². The number of ether oxygens (including phenoxy) is 1. The Kier molecular flexibility index (Phi) is 7.20. The van der Waals surface area contributed by atoms with Crippen LogP contribution in [0.5, 0.6) is 11.6 Å². The van der Waals surface area contributed by atoms with Gasteiger partial charge in [0.1, 0.15) is 22.9 Å². The normalized spacial score (nSPS) is 17.6. The number of rotatable bonds is 7. The number of benzene rings is 1. The van der Waals surface area contributed by atoms with Gasteiger partial charge in [0.25, 0.3) is 5.91 Å². The topological polar surface area (TPSA) is 92.3 Å². The zero-order valence-corrected chi connectivity index (χ0v) is 19.6. The Hall–Kier alpha value is -3.75. The Bertz CT molecular complexity index is 1150. The highest BCUT2D eigenvalue weighted by Crippen LogP contribution is 2.26. The number of nitrogens with zero attached hydrogens (tertiary/aromatic N) is 4. The largest absolute Gasteiger partial charge is 0.438 e. The molecule has 1 aliphatic carbocycles. The van der Waals surface area contributed by atoms with Crippen LogP contribution in [0, 0.1) is 12.7 Å². The lowest BCUT2D eigenvalue weighted by Crippen LogP contribution is -2.40. The summed E-state index contributed by atoms with van der Waals surface area (Å²) in [6.45, 7) is 1.99. The number of pyridine rings is 1. The molecule has 2 aromatic heterocycles. The van der Waals surface area contributed by atoms with Gasteiger partial charge in [0.15, 0.2) is 0 Å². The molecule has 1 amide bonds. The van der Waals surface area contributed by atoms with E-state index in [9.17, 15) is 9.18 Å². The summed E-state index contributed by atoms with van der Waals surface area (Å²) in [5.41, 5.74) is 1.34. The van der Waals surface area contributed by atoms with Crippen molar-refractivity contribution in [2.75, 3.05) is 24.3 Å². The van der Waals surface area contributed by atoms with E-state index in [-0.39, 0.29) is 29.6 Å². The molecule has 1 saturated carbocycles. The predicted molar refractivity (Wildman–Crippen MR) is 129 cm³/mol. The van der Waals surface area contributed by atoms with Crippen LogP contribution in [0.4, 0.5) is 16.2 Å². The first-order chi connectivity index (χ1) is 16.4. The van der Waals surface area contributed by atoms with Crippen molar-refractivity contribution in [3.05, 3.63) is 65.7 Å². The van der Waals surface area contributed by atoms with Crippen LogP contribution in [0.15, 0.2) is 48.8 Å². The smallest absolute Gasteiger partial charge is 0.257 e. The minimum atomic E-state index is -0.418. The fraction of sp³-hybridized carbons (Fsp3) is 0.360. The van der Waals surface area contributed by atoms with E-state index in [2.05, 4.69) is 25.6 Å². The van der Waals surface area contributed by atoms with E-state index in [1.807, 2.05) is 32.1 Å². The third-order valence-corrected chi connectivity index (χ3v) is 5.79. The lowest BCUT2D eigenvalue weighted by Gasteiger charge is -2.30. The van der Waals surface area contributed by atoms with Gasteiger partial charge in [-0.2, -0.15) is 4.98 Å². The number of hydrogen-bond acceptors (Lipinski definition) is 7. The first kappa shape index (κ1) is 23.4. The number of nitrogens with one attached hydrogen (secondary N) is 2. The van der Waals surface area contributed by atoms with Crippen LogP contribution < -0.4 is 20.3 Å². The van der Waals surface area contributed by atoms with E-state index < -0.39 is 5.82 Å². The van der Waals surface area contributed by atoms with Crippen LogP contribution in [-0.2, 0) is 0 Å². The Morgan fingerprint density at radius 2 is 1.85 bits per heavy atom. The number of amides is 1. The lowest BCUT2D eigenvalue weighted by atomic mass is 9.91. The van der Waals surface area contributed by atoms with Crippen molar-refractivity contribution in [3.63, 3.8) is 0 Å². The minimum Gasteiger partial charge on any atom is -0.438 e. The third kappa shape index (κ3) is 5.78. The maximum absolute atomic E-state index is 13.5. The van der Waals surface area contributed by atoms with Gasteiger partial charge >= 0.3 is 0 Å². The van der Waals surface area contributed by atoms with Gasteiger partial charge in [-0.05, 0) is 56.9 Å². The Morgan fingerprint density at radius 3 is 2.59 bits per heavy atom. The standard InChI is InChI=1S/C25H29FN6O2/c1-16-15-28-25(31-22(16)32(2)3)30-19-11-9-18(10-12-19)29-23(33)21-8-5-13-27-24(21)34-20-7-4-6-17(26)14-20/h4-8,13-15,18-19H,9-12H2,1-3H3,(H,29,33)(H,28,30,31). The maximum Gasteiger partial charge on any atom is 0.257 e. The van der Waals surface area contributed by atoms with Gasteiger partial charge in [-0.3, -0.25) is 4.79 Å². The fourth-order valence-electron chi connectivity index (χ4n) is 4.07. The summed E-state index contributed by atoms with van der Waals surface area (Å²) in [6, 6.07) is 9.37. The molecule has 8 nitrogen and oxygen atoms in total. The van der Waals surface area contributed by atoms with Crippen LogP contribution in [0.25, 0.3) is 0 Å². The molecule has 0 radical (unpaired) electrons. The second-order valence-corrected chi connectivity index (χ2v) is 8.68. The highest BCUT2D eigenvalue weighted by molar-refractivity contribution is 5.96. The molecule has 1 aromatic carbocycles. The van der Waals surface area contributed by atoms with Crippen molar-refractivity contribution in [2.24, 2.45) is 0 Å². The molecule has 0 bridgehead atoms. The monoisotopic (exact) mass is 464 g/mol. The van der Waals surface area contributed by atoms with Crippen molar-refractivity contribution in [1.29, 1.82) is 0 Å². The molecule has 1 fully saturated rings. The van der Waals surface area contributed by atoms with Gasteiger partial charge in [0.05, 0.1) is 0 Å². The van der Waals surface area contributed by atoms with Gasteiger partial charge < -0.3 is 20.3 Å². The van der Waals surface area contributed by atoms with Crippen LogP contribution in [0.1, 0.15) is 41.6 Å². The van der Waals surface area contributed by atoms with E-state index in [1.54, 1.807) is 24.3 Å². The maximum atomic E-state index is 13.5. The highest BCUT2D eigenvalue weighted by Gasteiger charge is 2.25. The van der Waals surface area contributed by atoms with Gasteiger partial charge in [-0.1, -0.05) is 6.07 Å². The molecule has 0 spiro atoms. The number of anilines is 2. The summed E-state index contributed by atoms with van der Waals surface area (Å²) in [4.78, 5) is 28.1. The number of hydrogen-bond donors (Lipinski definition) is 2. The van der Waals surface area contributed by atoms with Gasteiger partial charge in [-0.15, -0.1) is 0 Å². The number of aromatic nitrogens is 3. The fourth-order valence-corrected chi connectivity index (χ4v) is 4.07. The average molecular weight is 465 g/mol. The number of carbonyl (C=O) groups is 1. The molecule has 4 rings (SSSR count). The van der Waals surface area contributed by atoms with Crippen LogP contribution >= 0.6 is 0 Å². The van der Waals surface area contributed by atoms with Crippen molar-refractivity contribution in [1.82, 2.24) is 20.3 Å². The summed E-state index contributed by atoms with van der Waals surface area (Å²) in [6.07, 6.45) is 6.80. The SMILES string of the molecule is Cc1cnc(NC2CCC(NC(=O)c3cccnc3Oc3cccc(F)c3)CC2)nc1N(C)C. The minimum absolute atomic E-state index is 0.0454. The Morgan fingerprint density at radius 1 is 1.09 bits per heavy atom. The van der Waals surface area contributed by atoms with Gasteiger partial charge in [-0.25, -0.2) is 14.4 Å². The molecule has 0 saturated heterocycles. The first-order valence-electron chi connectivity index (χ1n) is 11.4. The van der Waals surface area contributed by atoms with E-state index in [0.29, 0.717) is 11.5 Å². The molecule has 34 heavy (non-hydrogen) atoms. The molecule has 0 aliphatic heterocycles. The van der Waals surface area contributed by atoms with Crippen molar-refractivity contribution >= 4 is 17.7 Å².